The summed E-state index contributed by atoms with van der Waals surface area (Å²) in [5.74, 6) is 0.630. The zero-order chi connectivity index (χ0) is 9.14. The van der Waals surface area contributed by atoms with Crippen LogP contribution >= 0.6 is 11.6 Å². The average Bonchev–Trinajstić information content (AvgIpc) is 2.29. The van der Waals surface area contributed by atoms with Crippen LogP contribution in [0.5, 0.6) is 0 Å². The fourth-order valence-corrected chi connectivity index (χ4v) is 1.70. The minimum absolute atomic E-state index is 0.630. The van der Waals surface area contributed by atoms with Gasteiger partial charge in [0, 0.05) is 11.6 Å². The van der Waals surface area contributed by atoms with Gasteiger partial charge in [-0.1, -0.05) is 6.92 Å². The Balaban J connectivity index is 3.00. The molecular formula is C9H15ClN2. The van der Waals surface area contributed by atoms with Gasteiger partial charge in [0.25, 0.3) is 0 Å². The quantitative estimate of drug-likeness (QED) is 0.663. The molecule has 0 radical (unpaired) electrons. The van der Waals surface area contributed by atoms with Crippen molar-refractivity contribution >= 4 is 11.6 Å². The summed E-state index contributed by atoms with van der Waals surface area (Å²) >= 11 is 5.65. The molecule has 0 bridgehead atoms. The predicted molar refractivity (Wildman–Crippen MR) is 51.8 cm³/mol. The Hall–Kier alpha value is -0.500. The van der Waals surface area contributed by atoms with Gasteiger partial charge in [-0.25, -0.2) is 0 Å². The van der Waals surface area contributed by atoms with E-state index in [1.807, 2.05) is 4.68 Å². The topological polar surface area (TPSA) is 17.8 Å². The second-order valence-electron chi connectivity index (χ2n) is 2.92. The molecule has 1 rings (SSSR count). The van der Waals surface area contributed by atoms with E-state index in [0.29, 0.717) is 5.88 Å². The van der Waals surface area contributed by atoms with Crippen molar-refractivity contribution in [2.24, 2.45) is 0 Å². The summed E-state index contributed by atoms with van der Waals surface area (Å²) < 4.78 is 1.99. The van der Waals surface area contributed by atoms with E-state index in [0.717, 1.165) is 18.7 Å². The smallest absolute Gasteiger partial charge is 0.0628 e. The number of alkyl halides is 1. The molecule has 0 N–H and O–H groups in total. The molecular weight excluding hydrogens is 172 g/mol. The van der Waals surface area contributed by atoms with Crippen LogP contribution in [0.25, 0.3) is 0 Å². The third-order valence-corrected chi connectivity index (χ3v) is 2.35. The van der Waals surface area contributed by atoms with Crippen LogP contribution in [0.15, 0.2) is 0 Å². The molecule has 0 aliphatic heterocycles. The fraction of sp³-hybridized carbons (Fsp3) is 0.667. The lowest BCUT2D eigenvalue weighted by Gasteiger charge is -2.00. The first kappa shape index (κ1) is 9.59. The van der Waals surface area contributed by atoms with Crippen molar-refractivity contribution in [2.75, 3.05) is 5.88 Å². The molecule has 0 saturated carbocycles. The minimum Gasteiger partial charge on any atom is -0.268 e. The van der Waals surface area contributed by atoms with E-state index in [-0.39, 0.29) is 0 Å². The highest BCUT2D eigenvalue weighted by atomic mass is 35.5. The molecule has 0 unspecified atom stereocenters. The lowest BCUT2D eigenvalue weighted by molar-refractivity contribution is 0.637. The minimum atomic E-state index is 0.630. The summed E-state index contributed by atoms with van der Waals surface area (Å²) in [6.45, 7) is 7.12. The molecule has 3 heteroatoms. The van der Waals surface area contributed by atoms with Gasteiger partial charge in [0.05, 0.1) is 12.2 Å². The highest BCUT2D eigenvalue weighted by Crippen LogP contribution is 2.13. The molecule has 1 aromatic rings. The van der Waals surface area contributed by atoms with Gasteiger partial charge in [-0.2, -0.15) is 5.10 Å². The molecule has 2 nitrogen and oxygen atoms in total. The lowest BCUT2D eigenvalue weighted by Crippen LogP contribution is -2.03. The van der Waals surface area contributed by atoms with Crippen molar-refractivity contribution in [3.05, 3.63) is 17.0 Å². The molecule has 0 aromatic carbocycles. The summed E-state index contributed by atoms with van der Waals surface area (Å²) in [7, 11) is 0. The van der Waals surface area contributed by atoms with Crippen LogP contribution in [0.2, 0.25) is 0 Å². The first-order valence-electron chi connectivity index (χ1n) is 4.29. The lowest BCUT2D eigenvalue weighted by atomic mass is 10.1. The number of aromatic nitrogens is 2. The molecule has 0 fully saturated rings. The second-order valence-corrected chi connectivity index (χ2v) is 3.29. The molecule has 0 aliphatic carbocycles. The van der Waals surface area contributed by atoms with Crippen LogP contribution in [0.4, 0.5) is 0 Å². The predicted octanol–water partition coefficient (Wildman–Crippen LogP) is 2.30. The normalized spacial score (nSPS) is 10.7. The van der Waals surface area contributed by atoms with E-state index >= 15 is 0 Å². The van der Waals surface area contributed by atoms with E-state index in [1.165, 1.54) is 11.3 Å². The van der Waals surface area contributed by atoms with Crippen molar-refractivity contribution in [1.29, 1.82) is 0 Å². The molecule has 12 heavy (non-hydrogen) atoms. The van der Waals surface area contributed by atoms with Crippen molar-refractivity contribution in [1.82, 2.24) is 9.78 Å². The molecule has 0 atom stereocenters. The first-order valence-corrected chi connectivity index (χ1v) is 4.83. The molecule has 68 valence electrons. The van der Waals surface area contributed by atoms with Crippen molar-refractivity contribution in [2.45, 2.75) is 33.7 Å². The summed E-state index contributed by atoms with van der Waals surface area (Å²) in [5, 5.41) is 4.40. The highest BCUT2D eigenvalue weighted by molar-refractivity contribution is 6.17. The molecule has 0 saturated heterocycles. The molecule has 1 heterocycles. The Morgan fingerprint density at radius 3 is 2.50 bits per heavy atom. The number of aryl methyl sites for hydroxylation is 2. The zero-order valence-electron chi connectivity index (χ0n) is 7.89. The largest absolute Gasteiger partial charge is 0.268 e. The zero-order valence-corrected chi connectivity index (χ0v) is 8.65. The van der Waals surface area contributed by atoms with Crippen LogP contribution in [-0.4, -0.2) is 15.7 Å². The van der Waals surface area contributed by atoms with Gasteiger partial charge in [0.1, 0.15) is 0 Å². The maximum atomic E-state index is 5.65. The number of nitrogens with zero attached hydrogens (tertiary/aromatic N) is 2. The fourth-order valence-electron chi connectivity index (χ4n) is 1.54. The Morgan fingerprint density at radius 1 is 1.42 bits per heavy atom. The first-order chi connectivity index (χ1) is 5.70. The van der Waals surface area contributed by atoms with Crippen molar-refractivity contribution < 1.29 is 0 Å². The van der Waals surface area contributed by atoms with Crippen molar-refractivity contribution in [3.8, 4) is 0 Å². The molecule has 0 amide bonds. The second kappa shape index (κ2) is 3.94. The standard InChI is InChI=1S/C9H15ClN2/c1-4-9-7(2)11-12(6-5-10)8(9)3/h4-6H2,1-3H3. The van der Waals surface area contributed by atoms with Crippen LogP contribution in [-0.2, 0) is 13.0 Å². The van der Waals surface area contributed by atoms with Gasteiger partial charge in [-0.15, -0.1) is 11.6 Å². The van der Waals surface area contributed by atoms with Gasteiger partial charge in [0.15, 0.2) is 0 Å². The average molecular weight is 187 g/mol. The van der Waals surface area contributed by atoms with Gasteiger partial charge < -0.3 is 0 Å². The van der Waals surface area contributed by atoms with Crippen molar-refractivity contribution in [3.63, 3.8) is 0 Å². The van der Waals surface area contributed by atoms with Crippen LogP contribution in [0.3, 0.4) is 0 Å². The van der Waals surface area contributed by atoms with Gasteiger partial charge in [-0.3, -0.25) is 4.68 Å². The Kier molecular flexibility index (Phi) is 3.15. The highest BCUT2D eigenvalue weighted by Gasteiger charge is 2.07. The van der Waals surface area contributed by atoms with Gasteiger partial charge in [-0.05, 0) is 25.8 Å². The van der Waals surface area contributed by atoms with Gasteiger partial charge >= 0.3 is 0 Å². The van der Waals surface area contributed by atoms with E-state index in [4.69, 9.17) is 11.6 Å². The number of halogens is 1. The monoisotopic (exact) mass is 186 g/mol. The SMILES string of the molecule is CCc1c(C)nn(CCCl)c1C. The summed E-state index contributed by atoms with van der Waals surface area (Å²) in [6.07, 6.45) is 1.06. The maximum Gasteiger partial charge on any atom is 0.0628 e. The number of rotatable bonds is 3. The summed E-state index contributed by atoms with van der Waals surface area (Å²) in [5.41, 5.74) is 3.76. The summed E-state index contributed by atoms with van der Waals surface area (Å²) in [6, 6.07) is 0. The maximum absolute atomic E-state index is 5.65. The third-order valence-electron chi connectivity index (χ3n) is 2.18. The third kappa shape index (κ3) is 1.63. The van der Waals surface area contributed by atoms with E-state index in [9.17, 15) is 0 Å². The van der Waals surface area contributed by atoms with Gasteiger partial charge in [0.2, 0.25) is 0 Å². The van der Waals surface area contributed by atoms with E-state index < -0.39 is 0 Å². The molecule has 1 aromatic heterocycles. The molecule has 0 aliphatic rings. The van der Waals surface area contributed by atoms with Crippen LogP contribution in [0.1, 0.15) is 23.9 Å². The van der Waals surface area contributed by atoms with E-state index in [2.05, 4.69) is 25.9 Å². The van der Waals surface area contributed by atoms with Crippen LogP contribution in [0, 0.1) is 13.8 Å². The van der Waals surface area contributed by atoms with E-state index in [1.54, 1.807) is 0 Å². The number of hydrogen-bond donors (Lipinski definition) is 0. The summed E-state index contributed by atoms with van der Waals surface area (Å²) in [4.78, 5) is 0. The Labute approximate surface area is 78.5 Å². The molecule has 0 spiro atoms. The number of hydrogen-bond acceptors (Lipinski definition) is 1. The van der Waals surface area contributed by atoms with Crippen LogP contribution < -0.4 is 0 Å². The Bertz CT molecular complexity index is 266. The Morgan fingerprint density at radius 2 is 2.08 bits per heavy atom.